The van der Waals surface area contributed by atoms with Crippen molar-refractivity contribution in [1.82, 2.24) is 14.7 Å². The number of aryl methyl sites for hydroxylation is 4. The van der Waals surface area contributed by atoms with Gasteiger partial charge in [0.1, 0.15) is 40.3 Å². The van der Waals surface area contributed by atoms with Gasteiger partial charge in [0.05, 0.1) is 68.4 Å². The van der Waals surface area contributed by atoms with Crippen molar-refractivity contribution in [2.75, 3.05) is 54.7 Å². The maximum absolute atomic E-state index is 14.2. The topological polar surface area (TPSA) is 149 Å². The number of carbonyl (C=O) groups is 3. The minimum atomic E-state index is -4.69. The Morgan fingerprint density at radius 1 is 0.468 bits per heavy atom. The van der Waals surface area contributed by atoms with Crippen LogP contribution in [-0.4, -0.2) is 146 Å². The highest BCUT2D eigenvalue weighted by molar-refractivity contribution is 8.15. The molecule has 0 spiro atoms. The number of nitrogens with zero attached hydrogens (tertiary/aromatic N) is 6. The van der Waals surface area contributed by atoms with Crippen LogP contribution in [0.3, 0.4) is 0 Å². The van der Waals surface area contributed by atoms with E-state index < -0.39 is 128 Å². The average molecular weight is 1230 g/mol. The summed E-state index contributed by atoms with van der Waals surface area (Å²) in [5, 5.41) is 0.0863. The molecule has 3 heterocycles. The zero-order valence-electron chi connectivity index (χ0n) is 40.9. The van der Waals surface area contributed by atoms with Gasteiger partial charge >= 0.3 is 18.5 Å². The van der Waals surface area contributed by atoms with Crippen molar-refractivity contribution in [1.29, 1.82) is 0 Å². The fourth-order valence-electron chi connectivity index (χ4n) is 6.49. The maximum atomic E-state index is 14.2. The molecule has 3 aliphatic heterocycles. The Labute approximate surface area is 449 Å². The highest BCUT2D eigenvalue weighted by Crippen LogP contribution is 2.35. The van der Waals surface area contributed by atoms with Crippen molar-refractivity contribution < 1.29 is 92.9 Å². The first-order chi connectivity index (χ1) is 35.1. The normalized spacial score (nSPS) is 18.5. The minimum absolute atomic E-state index is 0.0335. The lowest BCUT2D eigenvalue weighted by atomic mass is 10.1. The Bertz CT molecular complexity index is 2790. The highest BCUT2D eigenvalue weighted by atomic mass is 32.2. The Kier molecular flexibility index (Phi) is 21.8. The van der Waals surface area contributed by atoms with Gasteiger partial charge in [-0.25, -0.2) is 41.3 Å². The van der Waals surface area contributed by atoms with Crippen molar-refractivity contribution in [2.45, 2.75) is 86.6 Å². The predicted molar refractivity (Wildman–Crippen MR) is 266 cm³/mol. The van der Waals surface area contributed by atoms with E-state index in [-0.39, 0.29) is 59.3 Å². The van der Waals surface area contributed by atoms with E-state index in [1.165, 1.54) is 36.6 Å². The molecule has 77 heavy (non-hydrogen) atoms. The molecule has 3 amide bonds. The number of aliphatic imine (C=N–C) groups is 3. The molecule has 426 valence electrons. The van der Waals surface area contributed by atoms with Gasteiger partial charge in [0.15, 0.2) is 15.5 Å². The Balaban J connectivity index is 0.000000250. The van der Waals surface area contributed by atoms with Gasteiger partial charge in [0.2, 0.25) is 17.7 Å². The summed E-state index contributed by atoms with van der Waals surface area (Å²) in [6, 6.07) is 6.56. The lowest BCUT2D eigenvalue weighted by Crippen LogP contribution is -2.38. The number of benzene rings is 3. The van der Waals surface area contributed by atoms with Gasteiger partial charge in [-0.2, -0.15) is 39.5 Å². The second kappa shape index (κ2) is 25.8. The van der Waals surface area contributed by atoms with Crippen LogP contribution in [0.1, 0.15) is 36.1 Å². The predicted octanol–water partition coefficient (Wildman–Crippen LogP) is 11.2. The van der Waals surface area contributed by atoms with Crippen LogP contribution in [0.15, 0.2) is 66.1 Å². The number of rotatable bonds is 13. The SMILES string of the molecule is Cc1cc(C)c(S(=O)CC(F)(F)F)cc1N=C1SCC(=O)N1C.Cc1cc(F)c(N=C2SCC(=O)N2CC(C)(F)F)cc1[S@@](=O)CC(F)(F)F.Cc1cc(F)c(N=C2SCC(=O)N2CC(C)(F)F)cc1[S@](=O)CC(F)(F)F. The highest BCUT2D eigenvalue weighted by Gasteiger charge is 2.39. The standard InChI is InChI=1S/2C15H14F6N2O2S2.C14H15F3N2O2S2/c2*1-8-3-9(16)10(4-11(8)27(25)7-15(19,20)21)22-13-23(6-14(2,17)18)12(24)5-26-13;1-8-4-9(2)11(23(21)7-14(15,16)17)5-10(8)18-13-19(3)12(20)6-22-13/h2*3-4H,5-7H2,1-2H3;4-5H,6-7H2,1-3H3/t2*27-;/m10./s1. The van der Waals surface area contributed by atoms with Gasteiger partial charge < -0.3 is 0 Å². The second-order valence-electron chi connectivity index (χ2n) is 17.0. The number of thioether (sulfide) groups is 3. The van der Waals surface area contributed by atoms with Crippen LogP contribution >= 0.6 is 35.3 Å². The molecule has 3 saturated heterocycles. The number of alkyl halides is 13. The van der Waals surface area contributed by atoms with Crippen molar-refractivity contribution in [3.8, 4) is 0 Å². The van der Waals surface area contributed by atoms with Crippen molar-refractivity contribution >= 4 is 118 Å². The summed E-state index contributed by atoms with van der Waals surface area (Å²) in [4.78, 5) is 49.3. The Morgan fingerprint density at radius 2 is 0.766 bits per heavy atom. The number of halogens is 15. The van der Waals surface area contributed by atoms with E-state index in [2.05, 4.69) is 15.0 Å². The van der Waals surface area contributed by atoms with Gasteiger partial charge in [-0.3, -0.25) is 41.7 Å². The average Bonchev–Trinajstić information content (AvgIpc) is 3.88. The molecule has 3 atom stereocenters. The third-order valence-electron chi connectivity index (χ3n) is 9.82. The molecule has 3 aromatic carbocycles. The number of hydrogen-bond donors (Lipinski definition) is 0. The molecule has 0 radical (unpaired) electrons. The Morgan fingerprint density at radius 3 is 1.08 bits per heavy atom. The van der Waals surface area contributed by atoms with Crippen LogP contribution in [0.4, 0.5) is 82.9 Å². The van der Waals surface area contributed by atoms with E-state index in [9.17, 15) is 92.9 Å². The summed E-state index contributed by atoms with van der Waals surface area (Å²) in [6.07, 6.45) is -13.9. The monoisotopic (exact) mass is 1230 g/mol. The van der Waals surface area contributed by atoms with E-state index in [1.54, 1.807) is 27.0 Å². The molecule has 3 fully saturated rings. The van der Waals surface area contributed by atoms with Crippen LogP contribution in [0.25, 0.3) is 0 Å². The molecule has 0 N–H and O–H groups in total. The third kappa shape index (κ3) is 20.0. The van der Waals surface area contributed by atoms with Crippen LogP contribution in [0, 0.1) is 39.3 Å². The molecule has 0 aliphatic carbocycles. The van der Waals surface area contributed by atoms with Gasteiger partial charge in [-0.05, 0) is 80.3 Å². The van der Waals surface area contributed by atoms with Crippen LogP contribution in [0.5, 0.6) is 0 Å². The van der Waals surface area contributed by atoms with Crippen LogP contribution in [-0.2, 0) is 46.8 Å². The van der Waals surface area contributed by atoms with E-state index in [1.807, 2.05) is 0 Å². The first-order valence-corrected chi connectivity index (χ1v) is 28.4. The lowest BCUT2D eigenvalue weighted by molar-refractivity contribution is -0.128. The lowest BCUT2D eigenvalue weighted by Gasteiger charge is -2.20. The maximum Gasteiger partial charge on any atom is 0.400 e. The molecule has 12 nitrogen and oxygen atoms in total. The zero-order chi connectivity index (χ0) is 58.5. The van der Waals surface area contributed by atoms with Crippen molar-refractivity contribution in [3.63, 3.8) is 0 Å². The molecule has 1 unspecified atom stereocenters. The molecular weight excluding hydrogens is 1190 g/mol. The molecule has 0 bridgehead atoms. The van der Waals surface area contributed by atoms with E-state index in [0.717, 1.165) is 53.4 Å². The first kappa shape index (κ1) is 65.1. The second-order valence-corrected chi connectivity index (χ2v) is 24.0. The van der Waals surface area contributed by atoms with Gasteiger partial charge in [-0.15, -0.1) is 0 Å². The molecule has 0 saturated carbocycles. The molecule has 33 heteroatoms. The summed E-state index contributed by atoms with van der Waals surface area (Å²) in [7, 11) is -5.56. The summed E-state index contributed by atoms with van der Waals surface area (Å²) in [6.45, 7) is 5.26. The quantitative estimate of drug-likeness (QED) is 0.152. The van der Waals surface area contributed by atoms with E-state index in [0.29, 0.717) is 40.1 Å². The molecule has 0 aromatic heterocycles. The van der Waals surface area contributed by atoms with E-state index >= 15 is 0 Å². The number of amides is 3. The number of amidine groups is 3. The number of carbonyl (C=O) groups excluding carboxylic acids is 3. The van der Waals surface area contributed by atoms with Crippen LogP contribution in [0.2, 0.25) is 0 Å². The third-order valence-corrected chi connectivity index (χ3v) is 17.3. The largest absolute Gasteiger partial charge is 0.400 e. The fraction of sp³-hybridized carbons (Fsp3) is 0.455. The number of hydrogen-bond acceptors (Lipinski definition) is 12. The summed E-state index contributed by atoms with van der Waals surface area (Å²) >= 11 is 2.86. The fourth-order valence-corrected chi connectivity index (χ4v) is 12.5. The molecule has 3 aromatic rings. The van der Waals surface area contributed by atoms with Gasteiger partial charge in [0, 0.05) is 35.6 Å². The molecule has 3 aliphatic rings. The van der Waals surface area contributed by atoms with E-state index in [4.69, 9.17) is 0 Å². The smallest absolute Gasteiger partial charge is 0.294 e. The van der Waals surface area contributed by atoms with Crippen molar-refractivity contribution in [3.05, 3.63) is 70.3 Å². The summed E-state index contributed by atoms with van der Waals surface area (Å²) in [5.74, 6) is -14.3. The van der Waals surface area contributed by atoms with Crippen molar-refractivity contribution in [2.24, 2.45) is 15.0 Å². The van der Waals surface area contributed by atoms with Crippen LogP contribution < -0.4 is 0 Å². The molecule has 6 rings (SSSR count). The molecular formula is C44H43F15N6O6S6. The Hall–Kier alpha value is -4.47. The van der Waals surface area contributed by atoms with Gasteiger partial charge in [0.25, 0.3) is 11.8 Å². The first-order valence-electron chi connectivity index (χ1n) is 21.5. The minimum Gasteiger partial charge on any atom is -0.294 e. The zero-order valence-corrected chi connectivity index (χ0v) is 45.8. The summed E-state index contributed by atoms with van der Waals surface area (Å²) in [5.41, 5.74) is 0.802. The van der Waals surface area contributed by atoms with Gasteiger partial charge in [-0.1, -0.05) is 41.4 Å². The summed E-state index contributed by atoms with van der Waals surface area (Å²) < 4.78 is 229.